The highest BCUT2D eigenvalue weighted by atomic mass is 17.2. The largest absolute Gasteiger partial charge is 0.491 e. The van der Waals surface area contributed by atoms with E-state index < -0.39 is 0 Å². The topological polar surface area (TPSA) is 102 Å². The fraction of sp³-hybridized carbons (Fsp3) is 0.434. The molecular formula is C53H70O10. The highest BCUT2D eigenvalue weighted by Gasteiger charge is 2.23. The predicted octanol–water partition coefficient (Wildman–Crippen LogP) is 10.6. The van der Waals surface area contributed by atoms with Gasteiger partial charge in [0.15, 0.2) is 0 Å². The minimum absolute atomic E-state index is 0.343. The number of hydrogen-bond donors (Lipinski definition) is 0. The molecule has 5 aliphatic rings. The van der Waals surface area contributed by atoms with Gasteiger partial charge in [0.25, 0.3) is 0 Å². The highest BCUT2D eigenvalue weighted by Crippen LogP contribution is 2.22. The Kier molecular flexibility index (Phi) is 25.5. The Morgan fingerprint density at radius 3 is 0.937 bits per heavy atom. The van der Waals surface area contributed by atoms with E-state index in [9.17, 15) is 0 Å². The lowest BCUT2D eigenvalue weighted by molar-refractivity contribution is -0.248. The van der Waals surface area contributed by atoms with Crippen LogP contribution in [-0.4, -0.2) is 98.6 Å². The molecule has 10 nitrogen and oxygen atoms in total. The van der Waals surface area contributed by atoms with Crippen LogP contribution in [0.3, 0.4) is 0 Å². The van der Waals surface area contributed by atoms with E-state index in [1.165, 1.54) is 22.3 Å². The molecule has 5 heterocycles. The molecule has 0 N–H and O–H groups in total. The zero-order chi connectivity index (χ0) is 44.7. The van der Waals surface area contributed by atoms with E-state index >= 15 is 0 Å². The second-order valence-corrected chi connectivity index (χ2v) is 15.9. The minimum atomic E-state index is 0.343. The summed E-state index contributed by atoms with van der Waals surface area (Å²) in [5.41, 5.74) is 5.42. The molecule has 0 radical (unpaired) electrons. The van der Waals surface area contributed by atoms with Gasteiger partial charge in [-0.3, -0.25) is 0 Å². The summed E-state index contributed by atoms with van der Waals surface area (Å²) in [4.78, 5) is 19.2. The zero-order valence-electron chi connectivity index (χ0n) is 38.1. The molecule has 63 heavy (non-hydrogen) atoms. The number of methoxy groups -OCH3 is 2. The van der Waals surface area contributed by atoms with Gasteiger partial charge in [-0.2, -0.15) is 0 Å². The first-order chi connectivity index (χ1) is 30.9. The van der Waals surface area contributed by atoms with Crippen LogP contribution in [0.5, 0.6) is 5.75 Å². The Bertz CT molecular complexity index is 1670. The van der Waals surface area contributed by atoms with Crippen molar-refractivity contribution >= 4 is 0 Å². The van der Waals surface area contributed by atoms with Gasteiger partial charge in [-0.15, -0.1) is 0 Å². The summed E-state index contributed by atoms with van der Waals surface area (Å²) in [5, 5.41) is 0. The Morgan fingerprint density at radius 1 is 0.397 bits per heavy atom. The quantitative estimate of drug-likeness (QED) is 0.0942. The van der Waals surface area contributed by atoms with Gasteiger partial charge in [0.1, 0.15) is 30.7 Å². The summed E-state index contributed by atoms with van der Waals surface area (Å²) < 4.78 is 29.5. The van der Waals surface area contributed by atoms with Crippen LogP contribution in [0, 0.1) is 0 Å². The van der Waals surface area contributed by atoms with Crippen molar-refractivity contribution in [1.29, 1.82) is 0 Å². The molecule has 0 aromatic heterocycles. The first-order valence-corrected chi connectivity index (χ1v) is 22.0. The van der Waals surface area contributed by atoms with Gasteiger partial charge in [0.2, 0.25) is 0 Å². The molecule has 342 valence electrons. The molecule has 3 atom stereocenters. The van der Waals surface area contributed by atoms with Crippen LogP contribution in [0.2, 0.25) is 0 Å². The molecule has 0 saturated carbocycles. The van der Waals surface area contributed by atoms with Crippen molar-refractivity contribution in [3.8, 4) is 5.75 Å². The summed E-state index contributed by atoms with van der Waals surface area (Å²) in [5.74, 6) is 3.09. The van der Waals surface area contributed by atoms with Crippen LogP contribution in [-0.2, 0) is 43.2 Å². The Labute approximate surface area is 376 Å². The van der Waals surface area contributed by atoms with E-state index in [1.807, 2.05) is 78.9 Å². The first kappa shape index (κ1) is 51.2. The van der Waals surface area contributed by atoms with Crippen LogP contribution < -0.4 is 4.74 Å². The lowest BCUT2D eigenvalue weighted by atomic mass is 10.0. The summed E-state index contributed by atoms with van der Waals surface area (Å²) in [6.45, 7) is 16.4. The van der Waals surface area contributed by atoms with Gasteiger partial charge >= 0.3 is 0 Å². The van der Waals surface area contributed by atoms with Crippen molar-refractivity contribution in [2.75, 3.05) is 80.3 Å². The van der Waals surface area contributed by atoms with Gasteiger partial charge in [-0.1, -0.05) is 167 Å². The van der Waals surface area contributed by atoms with Gasteiger partial charge in [-0.25, -0.2) is 19.6 Å². The van der Waals surface area contributed by atoms with Crippen LogP contribution in [0.15, 0.2) is 152 Å². The summed E-state index contributed by atoms with van der Waals surface area (Å²) in [6, 6.07) is 51.4. The second-order valence-electron chi connectivity index (χ2n) is 15.9. The summed E-state index contributed by atoms with van der Waals surface area (Å²) in [7, 11) is 3.36. The number of rotatable bonds is 11. The fourth-order valence-corrected chi connectivity index (χ4v) is 5.70. The molecule has 0 amide bonds. The number of benzene rings is 5. The van der Waals surface area contributed by atoms with E-state index in [1.54, 1.807) is 14.2 Å². The third kappa shape index (κ3) is 24.3. The molecule has 5 saturated heterocycles. The molecule has 10 heteroatoms. The fourth-order valence-electron chi connectivity index (χ4n) is 5.70. The molecular weight excluding hydrogens is 797 g/mol. The maximum Gasteiger partial charge on any atom is 0.119 e. The van der Waals surface area contributed by atoms with E-state index in [-0.39, 0.29) is 0 Å². The minimum Gasteiger partial charge on any atom is -0.491 e. The van der Waals surface area contributed by atoms with E-state index in [0.29, 0.717) is 75.0 Å². The van der Waals surface area contributed by atoms with Crippen LogP contribution in [0.25, 0.3) is 0 Å². The van der Waals surface area contributed by atoms with Crippen LogP contribution in [0.4, 0.5) is 0 Å². The van der Waals surface area contributed by atoms with Gasteiger partial charge in [-0.05, 0) is 46.2 Å². The normalized spacial score (nSPS) is 19.0. The van der Waals surface area contributed by atoms with Gasteiger partial charge in [0.05, 0.1) is 59.5 Å². The molecule has 0 bridgehead atoms. The predicted molar refractivity (Wildman–Crippen MR) is 248 cm³/mol. The Morgan fingerprint density at radius 2 is 0.683 bits per heavy atom. The zero-order valence-corrected chi connectivity index (χ0v) is 38.1. The molecule has 10 rings (SSSR count). The average molecular weight is 867 g/mol. The van der Waals surface area contributed by atoms with Crippen molar-refractivity contribution < 1.29 is 48.0 Å². The molecule has 5 aromatic rings. The van der Waals surface area contributed by atoms with Crippen molar-refractivity contribution in [3.63, 3.8) is 0 Å². The number of para-hydroxylation sites is 1. The standard InChI is InChI=1S/3C9H10O2.2C9H12.2C4H8O2/c1-2-4-8(5-3-1)10-6-9-7-11-9;2*1-2-4-8(5-3-1)9-6-10-11-7-9;2*1-8(2)9-6-4-3-5-7-9;2*1-5-2-4-3-6-4/h3*1-5,9H,6-7H2;2*3-8H,1-2H3;2*4H,2-3H2,1H3. The highest BCUT2D eigenvalue weighted by molar-refractivity contribution is 5.22. The maximum absolute atomic E-state index is 5.40. The van der Waals surface area contributed by atoms with Crippen molar-refractivity contribution in [2.24, 2.45) is 0 Å². The number of epoxide rings is 3. The van der Waals surface area contributed by atoms with E-state index in [4.69, 9.17) is 48.0 Å². The average Bonchev–Trinajstić information content (AvgIpc) is 4.32. The molecule has 3 unspecified atom stereocenters. The lowest BCUT2D eigenvalue weighted by Crippen LogP contribution is -2.03. The van der Waals surface area contributed by atoms with Gasteiger partial charge < -0.3 is 28.4 Å². The summed E-state index contributed by atoms with van der Waals surface area (Å²) in [6.07, 6.45) is 1.19. The first-order valence-electron chi connectivity index (χ1n) is 22.0. The van der Waals surface area contributed by atoms with Gasteiger partial charge in [0, 0.05) is 26.1 Å². The van der Waals surface area contributed by atoms with Crippen molar-refractivity contribution in [3.05, 3.63) is 174 Å². The SMILES string of the molecule is CC(C)c1ccccc1.CC(C)c1ccccc1.COCC1CO1.COCC1CO1.c1ccc(C2COOC2)cc1.c1ccc(C2COOC2)cc1.c1ccc(OCC2CO2)cc1. The van der Waals surface area contributed by atoms with Crippen molar-refractivity contribution in [1.82, 2.24) is 0 Å². The summed E-state index contributed by atoms with van der Waals surface area (Å²) >= 11 is 0. The molecule has 0 aliphatic carbocycles. The van der Waals surface area contributed by atoms with Crippen molar-refractivity contribution in [2.45, 2.75) is 69.7 Å². The third-order valence-electron chi connectivity index (χ3n) is 9.81. The molecule has 5 fully saturated rings. The van der Waals surface area contributed by atoms with E-state index in [0.717, 1.165) is 38.8 Å². The van der Waals surface area contributed by atoms with Crippen LogP contribution >= 0.6 is 0 Å². The maximum atomic E-state index is 5.40. The van der Waals surface area contributed by atoms with E-state index in [2.05, 4.69) is 100 Å². The Balaban J connectivity index is 0.000000163. The number of hydrogen-bond acceptors (Lipinski definition) is 10. The second kappa shape index (κ2) is 31.4. The lowest BCUT2D eigenvalue weighted by Gasteiger charge is -2.03. The Hall–Kier alpha value is -4.46. The molecule has 5 aliphatic heterocycles. The molecule has 0 spiro atoms. The molecule has 5 aromatic carbocycles. The number of ether oxygens (including phenoxy) is 6. The monoisotopic (exact) mass is 866 g/mol. The van der Waals surface area contributed by atoms with Crippen LogP contribution in [0.1, 0.15) is 73.6 Å². The third-order valence-corrected chi connectivity index (χ3v) is 9.81. The smallest absolute Gasteiger partial charge is 0.119 e.